The number of ether oxygens (including phenoxy) is 1. The van der Waals surface area contributed by atoms with Crippen LogP contribution in [-0.2, 0) is 10.3 Å². The van der Waals surface area contributed by atoms with Gasteiger partial charge in [-0.3, -0.25) is 4.79 Å². The molecule has 1 atom stereocenters. The molecule has 7 nitrogen and oxygen atoms in total. The molecule has 1 fully saturated rings. The highest BCUT2D eigenvalue weighted by Gasteiger charge is 2.60. The Morgan fingerprint density at radius 3 is 2.31 bits per heavy atom. The van der Waals surface area contributed by atoms with E-state index in [1.807, 2.05) is 24.3 Å². The van der Waals surface area contributed by atoms with Crippen LogP contribution in [0.3, 0.4) is 0 Å². The molecule has 39 heavy (non-hydrogen) atoms. The Morgan fingerprint density at radius 2 is 1.67 bits per heavy atom. The van der Waals surface area contributed by atoms with E-state index in [2.05, 4.69) is 27.2 Å². The number of thiophene rings is 1. The number of carbonyl (C=O) groups is 1. The van der Waals surface area contributed by atoms with E-state index in [1.165, 1.54) is 35.6 Å². The van der Waals surface area contributed by atoms with Crippen molar-refractivity contribution in [1.82, 2.24) is 27.2 Å². The third-order valence-corrected chi connectivity index (χ3v) is 7.73. The predicted octanol–water partition coefficient (Wildman–Crippen LogP) is 4.80. The molecule has 1 saturated heterocycles. The van der Waals surface area contributed by atoms with Gasteiger partial charge in [-0.2, -0.15) is 37.4 Å². The number of halogens is 6. The first kappa shape index (κ1) is 27.4. The van der Waals surface area contributed by atoms with Gasteiger partial charge in [0.25, 0.3) is 5.91 Å². The number of amides is 1. The molecule has 5 N–H and O–H groups in total. The van der Waals surface area contributed by atoms with Crippen LogP contribution in [0.5, 0.6) is 5.75 Å². The maximum Gasteiger partial charge on any atom is 0.416 e. The molecule has 1 amide bonds. The molecule has 2 aliphatic rings. The number of carbonyl (C=O) groups excluding carboxylic acids is 1. The van der Waals surface area contributed by atoms with Crippen LogP contribution in [0, 0.1) is 0 Å². The van der Waals surface area contributed by atoms with Crippen LogP contribution in [0.25, 0.3) is 15.7 Å². The van der Waals surface area contributed by atoms with Crippen molar-refractivity contribution in [2.75, 3.05) is 6.61 Å². The number of rotatable bonds is 7. The Kier molecular flexibility index (Phi) is 7.33. The molecule has 0 saturated carbocycles. The number of hydrogen-bond acceptors (Lipinski definition) is 7. The zero-order chi connectivity index (χ0) is 27.8. The minimum absolute atomic E-state index is 0.101. The molecule has 0 unspecified atom stereocenters. The van der Waals surface area contributed by atoms with Crippen LogP contribution < -0.4 is 32.0 Å². The molecular weight excluding hydrogens is 548 g/mol. The summed E-state index contributed by atoms with van der Waals surface area (Å²) in [6.45, 7) is -0.244. The van der Waals surface area contributed by atoms with E-state index >= 15 is 0 Å². The molecule has 2 aliphatic heterocycles. The van der Waals surface area contributed by atoms with Crippen LogP contribution in [0.4, 0.5) is 26.3 Å². The van der Waals surface area contributed by atoms with Crippen molar-refractivity contribution in [2.45, 2.75) is 43.3 Å². The number of hydrazine groups is 3. The summed E-state index contributed by atoms with van der Waals surface area (Å²) in [6, 6.07) is 14.0. The van der Waals surface area contributed by atoms with Crippen LogP contribution in [-0.4, -0.2) is 31.0 Å². The molecule has 0 bridgehead atoms. The van der Waals surface area contributed by atoms with Gasteiger partial charge < -0.3 is 10.1 Å². The second-order valence-electron chi connectivity index (χ2n) is 9.14. The lowest BCUT2D eigenvalue weighted by molar-refractivity contribution is -0.202. The number of nitrogens with one attached hydrogen (secondary N) is 5. The van der Waals surface area contributed by atoms with Gasteiger partial charge >= 0.3 is 12.4 Å². The molecule has 3 aromatic rings. The minimum atomic E-state index is -4.89. The normalized spacial score (nSPS) is 21.0. The predicted molar refractivity (Wildman–Crippen MR) is 133 cm³/mol. The summed E-state index contributed by atoms with van der Waals surface area (Å²) in [5.41, 5.74) is 8.08. The van der Waals surface area contributed by atoms with Gasteiger partial charge in [0, 0.05) is 22.4 Å². The molecular formula is C25H23F6N5O2S. The van der Waals surface area contributed by atoms with Gasteiger partial charge in [0.1, 0.15) is 11.9 Å². The van der Waals surface area contributed by atoms with Crippen LogP contribution in [0.1, 0.15) is 29.7 Å². The first-order valence-corrected chi connectivity index (χ1v) is 12.7. The Bertz CT molecular complexity index is 1350. The van der Waals surface area contributed by atoms with Crippen molar-refractivity contribution in [3.05, 3.63) is 70.6 Å². The molecule has 0 radical (unpaired) electrons. The summed E-state index contributed by atoms with van der Waals surface area (Å²) in [4.78, 5) is 13.9. The average molecular weight is 572 g/mol. The highest BCUT2D eigenvalue weighted by Crippen LogP contribution is 2.50. The molecule has 1 aromatic heterocycles. The SMILES string of the molecule is O=C1N[C@@](c2ccc(OCCCC(F)(F)F)cc2)(C(F)(F)F)CC(c2cc3ccccc3s2)=C1C1NNNN1. The number of alkyl halides is 6. The Balaban J connectivity index is 1.51. The lowest BCUT2D eigenvalue weighted by atomic mass is 9.77. The molecule has 0 spiro atoms. The third-order valence-electron chi connectivity index (χ3n) is 6.55. The van der Waals surface area contributed by atoms with Crippen LogP contribution in [0.15, 0.2) is 60.2 Å². The monoisotopic (exact) mass is 571 g/mol. The fourth-order valence-electron chi connectivity index (χ4n) is 4.66. The smallest absolute Gasteiger partial charge is 0.416 e. The van der Waals surface area contributed by atoms with Crippen molar-refractivity contribution >= 4 is 32.9 Å². The largest absolute Gasteiger partial charge is 0.494 e. The van der Waals surface area contributed by atoms with E-state index in [0.717, 1.165) is 10.1 Å². The Morgan fingerprint density at radius 1 is 0.974 bits per heavy atom. The van der Waals surface area contributed by atoms with Crippen molar-refractivity contribution in [2.24, 2.45) is 0 Å². The molecule has 208 valence electrons. The molecule has 14 heteroatoms. The van der Waals surface area contributed by atoms with Gasteiger partial charge in [-0.1, -0.05) is 30.3 Å². The molecule has 5 rings (SSSR count). The quantitative estimate of drug-likeness (QED) is 0.207. The first-order chi connectivity index (χ1) is 18.5. The molecule has 3 heterocycles. The first-order valence-electron chi connectivity index (χ1n) is 11.9. The lowest BCUT2D eigenvalue weighted by Crippen LogP contribution is -2.60. The highest BCUT2D eigenvalue weighted by atomic mass is 32.1. The van der Waals surface area contributed by atoms with Gasteiger partial charge in [-0.15, -0.1) is 11.3 Å². The molecule has 2 aromatic carbocycles. The van der Waals surface area contributed by atoms with Crippen molar-refractivity contribution in [3.8, 4) is 5.75 Å². The summed E-state index contributed by atoms with van der Waals surface area (Å²) in [5.74, 6) is -0.785. The topological polar surface area (TPSA) is 86.5 Å². The highest BCUT2D eigenvalue weighted by molar-refractivity contribution is 7.20. The summed E-state index contributed by atoms with van der Waals surface area (Å²) in [7, 11) is 0. The zero-order valence-corrected chi connectivity index (χ0v) is 20.9. The summed E-state index contributed by atoms with van der Waals surface area (Å²) in [5, 5.41) is 3.05. The number of hydrogen-bond donors (Lipinski definition) is 5. The summed E-state index contributed by atoms with van der Waals surface area (Å²) < 4.78 is 87.9. The van der Waals surface area contributed by atoms with E-state index in [4.69, 9.17) is 4.74 Å². The Labute approximate surface area is 222 Å². The van der Waals surface area contributed by atoms with Gasteiger partial charge in [-0.05, 0) is 47.2 Å². The number of benzene rings is 2. The summed E-state index contributed by atoms with van der Waals surface area (Å²) in [6.07, 6.45) is -11.9. The van der Waals surface area contributed by atoms with E-state index in [9.17, 15) is 31.1 Å². The van der Waals surface area contributed by atoms with Gasteiger partial charge in [0.05, 0.1) is 12.2 Å². The van der Waals surface area contributed by atoms with Crippen molar-refractivity contribution in [3.63, 3.8) is 0 Å². The van der Waals surface area contributed by atoms with E-state index in [-0.39, 0.29) is 35.5 Å². The standard InChI is InChI=1S/C25H23F6N5O2S/c26-24(27,28)10-3-11-38-16-8-6-15(7-9-16)23(25(29,30)31)13-17(19-12-14-4-1-2-5-18(14)39-19)20(22(37)32-23)21-33-35-36-34-21/h1-2,4-9,12,21,33-36H,3,10-11,13H2,(H,32,37)/t23-/m0/s1. The lowest BCUT2D eigenvalue weighted by Gasteiger charge is -2.42. The van der Waals surface area contributed by atoms with E-state index in [0.29, 0.717) is 4.88 Å². The zero-order valence-electron chi connectivity index (χ0n) is 20.1. The van der Waals surface area contributed by atoms with Crippen molar-refractivity contribution < 1.29 is 35.9 Å². The second-order valence-corrected chi connectivity index (χ2v) is 10.2. The third kappa shape index (κ3) is 5.61. The van der Waals surface area contributed by atoms with Crippen LogP contribution >= 0.6 is 11.3 Å². The van der Waals surface area contributed by atoms with Crippen LogP contribution in [0.2, 0.25) is 0 Å². The van der Waals surface area contributed by atoms with Gasteiger partial charge in [-0.25, -0.2) is 10.9 Å². The Hall–Kier alpha value is -3.17. The van der Waals surface area contributed by atoms with Gasteiger partial charge in [0.15, 0.2) is 5.54 Å². The minimum Gasteiger partial charge on any atom is -0.494 e. The number of fused-ring (bicyclic) bond motifs is 1. The fourth-order valence-corrected chi connectivity index (χ4v) is 5.78. The maximum atomic E-state index is 14.9. The summed E-state index contributed by atoms with van der Waals surface area (Å²) >= 11 is 1.29. The second kappa shape index (κ2) is 10.4. The maximum absolute atomic E-state index is 14.9. The molecule has 0 aliphatic carbocycles. The van der Waals surface area contributed by atoms with E-state index in [1.54, 1.807) is 6.07 Å². The fraction of sp³-hybridized carbons (Fsp3) is 0.320. The van der Waals surface area contributed by atoms with E-state index < -0.39 is 42.8 Å². The van der Waals surface area contributed by atoms with Crippen molar-refractivity contribution in [1.29, 1.82) is 0 Å². The van der Waals surface area contributed by atoms with Gasteiger partial charge in [0.2, 0.25) is 0 Å². The average Bonchev–Trinajstić information content (AvgIpc) is 3.55.